The van der Waals surface area contributed by atoms with Gasteiger partial charge in [0.05, 0.1) is 16.6 Å². The molecule has 2 aliphatic heterocycles. The zero-order valence-electron chi connectivity index (χ0n) is 13.2. The van der Waals surface area contributed by atoms with Crippen LogP contribution in [0.3, 0.4) is 0 Å². The SMILES string of the molecule is CN1CCN(NC(=O)/C=C/c2cc3c(cc2[N+](=O)[O-])OCO3)CC1. The van der Waals surface area contributed by atoms with Crippen LogP contribution in [0, 0.1) is 10.1 Å². The summed E-state index contributed by atoms with van der Waals surface area (Å²) in [5, 5.41) is 13.0. The van der Waals surface area contributed by atoms with E-state index in [4.69, 9.17) is 9.47 Å². The summed E-state index contributed by atoms with van der Waals surface area (Å²) in [5.41, 5.74) is 2.92. The number of nitrogens with zero attached hydrogens (tertiary/aromatic N) is 3. The van der Waals surface area contributed by atoms with Crippen LogP contribution in [0.5, 0.6) is 11.5 Å². The molecule has 0 saturated carbocycles. The van der Waals surface area contributed by atoms with Gasteiger partial charge in [-0.25, -0.2) is 5.01 Å². The van der Waals surface area contributed by atoms with E-state index in [2.05, 4.69) is 10.3 Å². The maximum absolute atomic E-state index is 12.0. The van der Waals surface area contributed by atoms with E-state index >= 15 is 0 Å². The molecule has 2 heterocycles. The molecule has 0 atom stereocenters. The molecule has 9 heteroatoms. The lowest BCUT2D eigenvalue weighted by Gasteiger charge is -2.31. The number of ether oxygens (including phenoxy) is 2. The van der Waals surface area contributed by atoms with Crippen molar-refractivity contribution in [2.45, 2.75) is 0 Å². The number of nitro groups is 1. The van der Waals surface area contributed by atoms with Crippen molar-refractivity contribution in [1.82, 2.24) is 15.3 Å². The molecule has 1 amide bonds. The number of hydrogen-bond acceptors (Lipinski definition) is 7. The number of rotatable bonds is 4. The van der Waals surface area contributed by atoms with Crippen molar-refractivity contribution in [3.63, 3.8) is 0 Å². The summed E-state index contributed by atoms with van der Waals surface area (Å²) in [6.45, 7) is 3.25. The van der Waals surface area contributed by atoms with Gasteiger partial charge >= 0.3 is 0 Å². The lowest BCUT2D eigenvalue weighted by atomic mass is 10.1. The maximum Gasteiger partial charge on any atom is 0.280 e. The van der Waals surface area contributed by atoms with Gasteiger partial charge in [0.25, 0.3) is 11.6 Å². The molecule has 1 aromatic rings. The minimum Gasteiger partial charge on any atom is -0.454 e. The Balaban J connectivity index is 1.69. The van der Waals surface area contributed by atoms with Crippen LogP contribution < -0.4 is 14.9 Å². The molecule has 1 aromatic carbocycles. The lowest BCUT2D eigenvalue weighted by Crippen LogP contribution is -2.52. The molecule has 128 valence electrons. The van der Waals surface area contributed by atoms with Crippen molar-refractivity contribution in [2.24, 2.45) is 0 Å². The number of likely N-dealkylation sites (N-methyl/N-ethyl adjacent to an activating group) is 1. The number of carbonyl (C=O) groups is 1. The summed E-state index contributed by atoms with van der Waals surface area (Å²) < 4.78 is 10.4. The fraction of sp³-hybridized carbons (Fsp3) is 0.400. The summed E-state index contributed by atoms with van der Waals surface area (Å²) in [4.78, 5) is 24.8. The maximum atomic E-state index is 12.0. The van der Waals surface area contributed by atoms with Gasteiger partial charge in [-0.05, 0) is 19.2 Å². The molecule has 2 aliphatic rings. The molecule has 0 radical (unpaired) electrons. The van der Waals surface area contributed by atoms with Crippen LogP contribution in [-0.4, -0.2) is 60.8 Å². The number of piperazine rings is 1. The first-order chi connectivity index (χ1) is 11.5. The Morgan fingerprint density at radius 2 is 1.92 bits per heavy atom. The predicted molar refractivity (Wildman–Crippen MR) is 85.5 cm³/mol. The van der Waals surface area contributed by atoms with Gasteiger partial charge in [-0.2, -0.15) is 0 Å². The van der Waals surface area contributed by atoms with Crippen molar-refractivity contribution >= 4 is 17.7 Å². The zero-order chi connectivity index (χ0) is 17.1. The Morgan fingerprint density at radius 3 is 2.58 bits per heavy atom. The quantitative estimate of drug-likeness (QED) is 0.489. The summed E-state index contributed by atoms with van der Waals surface area (Å²) in [6, 6.07) is 2.81. The fourth-order valence-corrected chi connectivity index (χ4v) is 2.52. The molecular formula is C15H18N4O5. The summed E-state index contributed by atoms with van der Waals surface area (Å²) in [7, 11) is 2.03. The van der Waals surface area contributed by atoms with Gasteiger partial charge in [0, 0.05) is 32.3 Å². The highest BCUT2D eigenvalue weighted by Gasteiger charge is 2.22. The molecule has 1 fully saturated rings. The van der Waals surface area contributed by atoms with Gasteiger partial charge < -0.3 is 14.4 Å². The molecule has 0 bridgehead atoms. The van der Waals surface area contributed by atoms with Crippen LogP contribution >= 0.6 is 0 Å². The first kappa shape index (κ1) is 16.2. The zero-order valence-corrected chi connectivity index (χ0v) is 13.2. The largest absolute Gasteiger partial charge is 0.454 e. The van der Waals surface area contributed by atoms with Gasteiger partial charge in [-0.3, -0.25) is 20.3 Å². The standard InChI is InChI=1S/C15H18N4O5/c1-17-4-6-18(7-5-17)16-15(20)3-2-11-8-13-14(24-10-23-13)9-12(11)19(21)22/h2-3,8-9H,4-7,10H2,1H3,(H,16,20)/b3-2+. The van der Waals surface area contributed by atoms with E-state index in [0.717, 1.165) is 26.2 Å². The first-order valence-corrected chi connectivity index (χ1v) is 7.53. The number of nitro benzene ring substituents is 1. The number of benzene rings is 1. The average molecular weight is 334 g/mol. The topological polar surface area (TPSA) is 97.2 Å². The summed E-state index contributed by atoms with van der Waals surface area (Å²) in [5.74, 6) is 0.437. The highest BCUT2D eigenvalue weighted by Crippen LogP contribution is 2.38. The number of fused-ring (bicyclic) bond motifs is 1. The minimum absolute atomic E-state index is 0.0313. The number of carbonyl (C=O) groups excluding carboxylic acids is 1. The van der Waals surface area contributed by atoms with E-state index < -0.39 is 4.92 Å². The summed E-state index contributed by atoms with van der Waals surface area (Å²) >= 11 is 0. The van der Waals surface area contributed by atoms with Crippen molar-refractivity contribution in [3.8, 4) is 11.5 Å². The second kappa shape index (κ2) is 6.85. The van der Waals surface area contributed by atoms with E-state index in [1.54, 1.807) is 0 Å². The minimum atomic E-state index is -0.514. The van der Waals surface area contributed by atoms with Crippen LogP contribution in [0.4, 0.5) is 5.69 Å². The van der Waals surface area contributed by atoms with Crippen molar-refractivity contribution in [3.05, 3.63) is 33.9 Å². The first-order valence-electron chi connectivity index (χ1n) is 7.53. The molecule has 24 heavy (non-hydrogen) atoms. The molecule has 0 spiro atoms. The number of hydrazine groups is 1. The van der Waals surface area contributed by atoms with E-state index in [9.17, 15) is 14.9 Å². The lowest BCUT2D eigenvalue weighted by molar-refractivity contribution is -0.385. The van der Waals surface area contributed by atoms with E-state index in [1.165, 1.54) is 24.3 Å². The molecule has 1 N–H and O–H groups in total. The smallest absolute Gasteiger partial charge is 0.280 e. The van der Waals surface area contributed by atoms with Gasteiger partial charge in [0.15, 0.2) is 11.5 Å². The Kier molecular flexibility index (Phi) is 4.63. The highest BCUT2D eigenvalue weighted by atomic mass is 16.7. The Bertz CT molecular complexity index is 683. The molecule has 0 unspecified atom stereocenters. The van der Waals surface area contributed by atoms with Crippen LogP contribution in [0.25, 0.3) is 6.08 Å². The normalized spacial score (nSPS) is 18.0. The van der Waals surface area contributed by atoms with Gasteiger partial charge in [-0.15, -0.1) is 0 Å². The summed E-state index contributed by atoms with van der Waals surface area (Å²) in [6.07, 6.45) is 2.69. The third kappa shape index (κ3) is 3.63. The van der Waals surface area contributed by atoms with Gasteiger partial charge in [-0.1, -0.05) is 0 Å². The Hall–Kier alpha value is -2.65. The van der Waals surface area contributed by atoms with Crippen molar-refractivity contribution in [1.29, 1.82) is 0 Å². The van der Waals surface area contributed by atoms with Gasteiger partial charge in [0.2, 0.25) is 6.79 Å². The monoisotopic (exact) mass is 334 g/mol. The molecule has 0 aromatic heterocycles. The molecule has 9 nitrogen and oxygen atoms in total. The molecular weight excluding hydrogens is 316 g/mol. The van der Waals surface area contributed by atoms with Crippen molar-refractivity contribution in [2.75, 3.05) is 40.0 Å². The number of nitrogens with one attached hydrogen (secondary N) is 1. The van der Waals surface area contributed by atoms with E-state index in [1.807, 2.05) is 12.1 Å². The third-order valence-electron chi connectivity index (χ3n) is 3.90. The number of amides is 1. The molecule has 3 rings (SSSR count). The third-order valence-corrected chi connectivity index (χ3v) is 3.90. The van der Waals surface area contributed by atoms with E-state index in [-0.39, 0.29) is 24.0 Å². The average Bonchev–Trinajstić information content (AvgIpc) is 3.01. The second-order valence-electron chi connectivity index (χ2n) is 5.62. The Morgan fingerprint density at radius 1 is 1.25 bits per heavy atom. The predicted octanol–water partition coefficient (Wildman–Crippen LogP) is 0.615. The van der Waals surface area contributed by atoms with Crippen LogP contribution in [0.1, 0.15) is 5.56 Å². The fourth-order valence-electron chi connectivity index (χ4n) is 2.52. The Labute approximate surface area is 138 Å². The molecule has 1 saturated heterocycles. The van der Waals surface area contributed by atoms with E-state index in [0.29, 0.717) is 11.5 Å². The molecule has 0 aliphatic carbocycles. The van der Waals surface area contributed by atoms with Crippen molar-refractivity contribution < 1.29 is 19.2 Å². The van der Waals surface area contributed by atoms with Crippen LogP contribution in [0.15, 0.2) is 18.2 Å². The van der Waals surface area contributed by atoms with Gasteiger partial charge in [0.1, 0.15) is 0 Å². The second-order valence-corrected chi connectivity index (χ2v) is 5.62. The van der Waals surface area contributed by atoms with Crippen LogP contribution in [0.2, 0.25) is 0 Å². The van der Waals surface area contributed by atoms with Crippen LogP contribution in [-0.2, 0) is 4.79 Å². The highest BCUT2D eigenvalue weighted by molar-refractivity contribution is 5.92. The number of hydrogen-bond donors (Lipinski definition) is 1.